The molecule has 2 atom stereocenters. The average Bonchev–Trinajstić information content (AvgIpc) is 2.25. The van der Waals surface area contributed by atoms with Crippen LogP contribution in [0.15, 0.2) is 0 Å². The highest BCUT2D eigenvalue weighted by molar-refractivity contribution is 5.75. The van der Waals surface area contributed by atoms with E-state index in [4.69, 9.17) is 10.8 Å². The lowest BCUT2D eigenvalue weighted by atomic mass is 9.91. The topological polar surface area (TPSA) is 78.6 Å². The number of amides is 1. The van der Waals surface area contributed by atoms with E-state index in [1.54, 1.807) is 0 Å². The fourth-order valence-electron chi connectivity index (χ4n) is 2.54. The minimum Gasteiger partial charge on any atom is -0.396 e. The highest BCUT2D eigenvalue weighted by atomic mass is 16.3. The number of carbonyl (C=O) groups excluding carboxylic acids is 1. The minimum atomic E-state index is -0.274. The predicted octanol–water partition coefficient (Wildman–Crippen LogP) is -0.456. The van der Waals surface area contributed by atoms with E-state index >= 15 is 0 Å². The van der Waals surface area contributed by atoms with E-state index in [1.807, 2.05) is 0 Å². The van der Waals surface area contributed by atoms with E-state index < -0.39 is 0 Å². The van der Waals surface area contributed by atoms with E-state index in [2.05, 4.69) is 17.1 Å². The summed E-state index contributed by atoms with van der Waals surface area (Å²) in [7, 11) is 0. The Labute approximate surface area is 103 Å². The number of primary amides is 1. The maximum atomic E-state index is 11.0. The van der Waals surface area contributed by atoms with Crippen LogP contribution in [-0.4, -0.2) is 54.7 Å². The monoisotopic (exact) mass is 243 g/mol. The molecule has 1 rings (SSSR count). The van der Waals surface area contributed by atoms with Crippen molar-refractivity contribution in [3.05, 3.63) is 0 Å². The molecule has 100 valence electrons. The molecule has 4 N–H and O–H groups in total. The summed E-state index contributed by atoms with van der Waals surface area (Å²) in [6.45, 7) is 5.43. The molecule has 0 aromatic carbocycles. The van der Waals surface area contributed by atoms with Crippen LogP contribution in [-0.2, 0) is 4.79 Å². The van der Waals surface area contributed by atoms with Gasteiger partial charge in [0.15, 0.2) is 0 Å². The number of nitrogens with one attached hydrogen (secondary N) is 1. The smallest absolute Gasteiger partial charge is 0.231 e. The van der Waals surface area contributed by atoms with Gasteiger partial charge in [0.05, 0.1) is 6.54 Å². The molecule has 2 unspecified atom stereocenters. The largest absolute Gasteiger partial charge is 0.396 e. The van der Waals surface area contributed by atoms with Crippen LogP contribution < -0.4 is 11.1 Å². The second kappa shape index (κ2) is 7.63. The number of piperidine rings is 1. The van der Waals surface area contributed by atoms with Crippen LogP contribution in [0.4, 0.5) is 0 Å². The molecule has 0 bridgehead atoms. The number of rotatable bonds is 7. The molecule has 17 heavy (non-hydrogen) atoms. The van der Waals surface area contributed by atoms with Crippen molar-refractivity contribution in [1.29, 1.82) is 0 Å². The summed E-state index contributed by atoms with van der Waals surface area (Å²) in [6.07, 6.45) is 2.99. The fourth-order valence-corrected chi connectivity index (χ4v) is 2.54. The van der Waals surface area contributed by atoms with Gasteiger partial charge >= 0.3 is 0 Å². The van der Waals surface area contributed by atoms with Gasteiger partial charge in [-0.05, 0) is 31.7 Å². The van der Waals surface area contributed by atoms with Crippen molar-refractivity contribution in [3.8, 4) is 0 Å². The quantitative estimate of drug-likeness (QED) is 0.565. The van der Waals surface area contributed by atoms with Gasteiger partial charge in [-0.2, -0.15) is 0 Å². The summed E-state index contributed by atoms with van der Waals surface area (Å²) in [5.41, 5.74) is 5.24. The van der Waals surface area contributed by atoms with E-state index in [0.29, 0.717) is 18.5 Å². The molecule has 0 aromatic heterocycles. The molecule has 0 spiro atoms. The third kappa shape index (κ3) is 5.48. The van der Waals surface area contributed by atoms with Gasteiger partial charge in [-0.25, -0.2) is 0 Å². The van der Waals surface area contributed by atoms with Crippen LogP contribution in [0.1, 0.15) is 26.2 Å². The number of likely N-dealkylation sites (tertiary alicyclic amines) is 1. The molecule has 1 aliphatic heterocycles. The fraction of sp³-hybridized carbons (Fsp3) is 0.917. The van der Waals surface area contributed by atoms with E-state index in [1.165, 1.54) is 0 Å². The van der Waals surface area contributed by atoms with Crippen LogP contribution in [0.3, 0.4) is 0 Å². The number of aliphatic hydroxyl groups is 1. The van der Waals surface area contributed by atoms with E-state index in [-0.39, 0.29) is 12.5 Å². The molecule has 0 aliphatic carbocycles. The van der Waals surface area contributed by atoms with Gasteiger partial charge in [-0.1, -0.05) is 6.92 Å². The van der Waals surface area contributed by atoms with E-state index in [9.17, 15) is 4.79 Å². The number of nitrogens with zero attached hydrogens (tertiary/aromatic N) is 1. The zero-order valence-corrected chi connectivity index (χ0v) is 10.7. The van der Waals surface area contributed by atoms with Gasteiger partial charge in [-0.3, -0.25) is 9.69 Å². The lowest BCUT2D eigenvalue weighted by Crippen LogP contribution is -2.51. The minimum absolute atomic E-state index is 0.218. The summed E-state index contributed by atoms with van der Waals surface area (Å²) in [5, 5.41) is 12.5. The molecular formula is C12H25N3O2. The molecule has 1 aliphatic rings. The number of aliphatic hydroxyl groups excluding tert-OH is 1. The van der Waals surface area contributed by atoms with Crippen molar-refractivity contribution in [1.82, 2.24) is 10.2 Å². The molecule has 0 radical (unpaired) electrons. The SMILES string of the molecule is CCCNC1CC(CCO)CN(CC(N)=O)C1. The molecule has 1 fully saturated rings. The predicted molar refractivity (Wildman–Crippen MR) is 67.5 cm³/mol. The number of hydrogen-bond donors (Lipinski definition) is 3. The van der Waals surface area contributed by atoms with Crippen molar-refractivity contribution in [2.45, 2.75) is 32.2 Å². The molecule has 0 aromatic rings. The maximum Gasteiger partial charge on any atom is 0.231 e. The van der Waals surface area contributed by atoms with Gasteiger partial charge in [0, 0.05) is 25.7 Å². The normalized spacial score (nSPS) is 26.0. The second-order valence-corrected chi connectivity index (χ2v) is 4.93. The zero-order valence-electron chi connectivity index (χ0n) is 10.7. The Bertz CT molecular complexity index is 236. The van der Waals surface area contributed by atoms with Crippen LogP contribution >= 0.6 is 0 Å². The van der Waals surface area contributed by atoms with Gasteiger partial charge in [-0.15, -0.1) is 0 Å². The standard InChI is InChI=1S/C12H25N3O2/c1-2-4-14-11-6-10(3-5-16)7-15(8-11)9-12(13)17/h10-11,14,16H,2-9H2,1H3,(H2,13,17). The number of carbonyl (C=O) groups is 1. The number of hydrogen-bond acceptors (Lipinski definition) is 4. The molecule has 5 nitrogen and oxygen atoms in total. The van der Waals surface area contributed by atoms with Crippen molar-refractivity contribution in [3.63, 3.8) is 0 Å². The Morgan fingerprint density at radius 2 is 2.29 bits per heavy atom. The molecule has 1 heterocycles. The lowest BCUT2D eigenvalue weighted by molar-refractivity contribution is -0.119. The Hall–Kier alpha value is -0.650. The Morgan fingerprint density at radius 1 is 1.53 bits per heavy atom. The summed E-state index contributed by atoms with van der Waals surface area (Å²) < 4.78 is 0. The number of nitrogens with two attached hydrogens (primary N) is 1. The highest BCUT2D eigenvalue weighted by Gasteiger charge is 2.27. The Balaban J connectivity index is 2.46. The molecule has 5 heteroatoms. The third-order valence-electron chi connectivity index (χ3n) is 3.21. The Kier molecular flexibility index (Phi) is 6.47. The second-order valence-electron chi connectivity index (χ2n) is 4.93. The lowest BCUT2D eigenvalue weighted by Gasteiger charge is -2.37. The van der Waals surface area contributed by atoms with Crippen LogP contribution in [0, 0.1) is 5.92 Å². The zero-order chi connectivity index (χ0) is 12.7. The summed E-state index contributed by atoms with van der Waals surface area (Å²) >= 11 is 0. The first kappa shape index (κ1) is 14.4. The highest BCUT2D eigenvalue weighted by Crippen LogP contribution is 2.19. The summed E-state index contributed by atoms with van der Waals surface area (Å²) in [4.78, 5) is 13.1. The Morgan fingerprint density at radius 3 is 2.88 bits per heavy atom. The summed E-state index contributed by atoms with van der Waals surface area (Å²) in [5.74, 6) is 0.186. The molecule has 1 saturated heterocycles. The first-order valence-corrected chi connectivity index (χ1v) is 6.50. The van der Waals surface area contributed by atoms with Gasteiger partial charge in [0.25, 0.3) is 0 Å². The van der Waals surface area contributed by atoms with Crippen molar-refractivity contribution < 1.29 is 9.90 Å². The first-order valence-electron chi connectivity index (χ1n) is 6.50. The van der Waals surface area contributed by atoms with Crippen LogP contribution in [0.25, 0.3) is 0 Å². The first-order chi connectivity index (χ1) is 8.15. The average molecular weight is 243 g/mol. The van der Waals surface area contributed by atoms with E-state index in [0.717, 1.165) is 38.9 Å². The van der Waals surface area contributed by atoms with Gasteiger partial charge in [0.2, 0.25) is 5.91 Å². The van der Waals surface area contributed by atoms with Gasteiger partial charge < -0.3 is 16.2 Å². The van der Waals surface area contributed by atoms with Crippen molar-refractivity contribution in [2.75, 3.05) is 32.8 Å². The molecular weight excluding hydrogens is 218 g/mol. The molecule has 1 amide bonds. The molecule has 0 saturated carbocycles. The van der Waals surface area contributed by atoms with Crippen molar-refractivity contribution >= 4 is 5.91 Å². The van der Waals surface area contributed by atoms with Crippen LogP contribution in [0.5, 0.6) is 0 Å². The van der Waals surface area contributed by atoms with Crippen LogP contribution in [0.2, 0.25) is 0 Å². The third-order valence-corrected chi connectivity index (χ3v) is 3.21. The van der Waals surface area contributed by atoms with Crippen molar-refractivity contribution in [2.24, 2.45) is 11.7 Å². The van der Waals surface area contributed by atoms with Gasteiger partial charge in [0.1, 0.15) is 0 Å². The summed E-state index contributed by atoms with van der Waals surface area (Å²) in [6, 6.07) is 0.416. The maximum absolute atomic E-state index is 11.0.